The molecule has 76 valence electrons. The van der Waals surface area contributed by atoms with E-state index in [4.69, 9.17) is 16.3 Å². The molecule has 0 aliphatic heterocycles. The zero-order valence-corrected chi connectivity index (χ0v) is 7.89. The second-order valence-corrected chi connectivity index (χ2v) is 2.74. The summed E-state index contributed by atoms with van der Waals surface area (Å²) in [5.74, 6) is -0.125. The van der Waals surface area contributed by atoms with Gasteiger partial charge in [0.1, 0.15) is 5.69 Å². The monoisotopic (exact) mass is 221 g/mol. The molecule has 0 amide bonds. The highest BCUT2D eigenvalue weighted by Crippen LogP contribution is 2.34. The second kappa shape index (κ2) is 4.32. The van der Waals surface area contributed by atoms with Crippen LogP contribution in [0.1, 0.15) is 22.5 Å². The van der Waals surface area contributed by atoms with Crippen molar-refractivity contribution in [2.45, 2.75) is 6.43 Å². The molecule has 0 aliphatic carbocycles. The fraction of sp³-hybridized carbons (Fsp3) is 0.250. The van der Waals surface area contributed by atoms with Crippen LogP contribution in [-0.2, 0) is 0 Å². The molecule has 0 aliphatic rings. The van der Waals surface area contributed by atoms with Crippen LogP contribution in [-0.4, -0.2) is 18.4 Å². The summed E-state index contributed by atoms with van der Waals surface area (Å²) in [6, 6.07) is 0. The first-order chi connectivity index (χ1) is 6.61. The zero-order chi connectivity index (χ0) is 10.7. The number of aromatic nitrogens is 1. The Kier molecular flexibility index (Phi) is 3.35. The fourth-order valence-electron chi connectivity index (χ4n) is 0.928. The van der Waals surface area contributed by atoms with Crippen molar-refractivity contribution in [1.29, 1.82) is 0 Å². The molecule has 0 unspecified atom stereocenters. The van der Waals surface area contributed by atoms with Gasteiger partial charge in [-0.3, -0.25) is 4.79 Å². The van der Waals surface area contributed by atoms with Gasteiger partial charge >= 0.3 is 0 Å². The summed E-state index contributed by atoms with van der Waals surface area (Å²) in [6.45, 7) is 0. The minimum atomic E-state index is -2.75. The van der Waals surface area contributed by atoms with Crippen LogP contribution in [0, 0.1) is 0 Å². The van der Waals surface area contributed by atoms with Crippen LogP contribution in [0.4, 0.5) is 8.78 Å². The average Bonchev–Trinajstić information content (AvgIpc) is 2.16. The Balaban J connectivity index is 3.34. The van der Waals surface area contributed by atoms with E-state index < -0.39 is 12.0 Å². The predicted octanol–water partition coefficient (Wildman–Crippen LogP) is 2.49. The molecule has 0 fully saturated rings. The van der Waals surface area contributed by atoms with Gasteiger partial charge in [-0.05, 0) is 0 Å². The first-order valence-corrected chi connectivity index (χ1v) is 3.95. The Morgan fingerprint density at radius 2 is 2.29 bits per heavy atom. The lowest BCUT2D eigenvalue weighted by atomic mass is 10.2. The third-order valence-electron chi connectivity index (χ3n) is 1.58. The topological polar surface area (TPSA) is 39.2 Å². The molecular weight excluding hydrogens is 216 g/mol. The number of hydrogen-bond donors (Lipinski definition) is 0. The van der Waals surface area contributed by atoms with E-state index in [1.807, 2.05) is 0 Å². The van der Waals surface area contributed by atoms with Crippen molar-refractivity contribution in [3.63, 3.8) is 0 Å². The maximum Gasteiger partial charge on any atom is 0.266 e. The van der Waals surface area contributed by atoms with Gasteiger partial charge in [-0.1, -0.05) is 11.6 Å². The Labute approximate surface area is 83.7 Å². The molecule has 6 heteroatoms. The van der Waals surface area contributed by atoms with E-state index in [1.54, 1.807) is 0 Å². The molecule has 14 heavy (non-hydrogen) atoms. The maximum absolute atomic E-state index is 12.3. The number of halogens is 3. The van der Waals surface area contributed by atoms with Crippen LogP contribution >= 0.6 is 11.6 Å². The summed E-state index contributed by atoms with van der Waals surface area (Å²) in [6.07, 6.45) is -1.50. The zero-order valence-electron chi connectivity index (χ0n) is 7.13. The quantitative estimate of drug-likeness (QED) is 0.736. The van der Waals surface area contributed by atoms with Crippen molar-refractivity contribution in [2.24, 2.45) is 0 Å². The summed E-state index contributed by atoms with van der Waals surface area (Å²) >= 11 is 5.58. The first kappa shape index (κ1) is 10.8. The normalized spacial score (nSPS) is 10.4. The molecule has 0 spiro atoms. The molecule has 0 N–H and O–H groups in total. The Hall–Kier alpha value is -1.23. The molecule has 0 atom stereocenters. The molecule has 1 heterocycles. The Morgan fingerprint density at radius 3 is 2.71 bits per heavy atom. The number of pyridine rings is 1. The van der Waals surface area contributed by atoms with E-state index in [0.29, 0.717) is 6.29 Å². The third kappa shape index (κ3) is 1.82. The van der Waals surface area contributed by atoms with Crippen LogP contribution in [0.5, 0.6) is 5.75 Å². The van der Waals surface area contributed by atoms with Crippen LogP contribution in [0.3, 0.4) is 0 Å². The number of carbonyl (C=O) groups excluding carboxylic acids is 1. The minimum absolute atomic E-state index is 0.0955. The minimum Gasteiger partial charge on any atom is -0.493 e. The van der Waals surface area contributed by atoms with E-state index in [0.717, 1.165) is 6.20 Å². The lowest BCUT2D eigenvalue weighted by molar-refractivity contribution is 0.111. The van der Waals surface area contributed by atoms with Crippen LogP contribution in [0.15, 0.2) is 6.20 Å². The number of aldehydes is 1. The summed E-state index contributed by atoms with van der Waals surface area (Å²) in [4.78, 5) is 13.9. The highest BCUT2D eigenvalue weighted by molar-refractivity contribution is 6.33. The molecule has 0 radical (unpaired) electrons. The SMILES string of the molecule is COc1c(C=O)ncc(C(F)F)c1Cl. The standard InChI is InChI=1S/C8H6ClF2NO2/c1-14-7-5(3-13)12-2-4(6(7)9)8(10)11/h2-3,8H,1H3. The molecule has 0 aromatic carbocycles. The van der Waals surface area contributed by atoms with E-state index in [1.165, 1.54) is 7.11 Å². The highest BCUT2D eigenvalue weighted by atomic mass is 35.5. The van der Waals surface area contributed by atoms with Crippen molar-refractivity contribution in [2.75, 3.05) is 7.11 Å². The van der Waals surface area contributed by atoms with Gasteiger partial charge in [0, 0.05) is 6.20 Å². The molecule has 0 bridgehead atoms. The molecule has 1 rings (SSSR count). The molecule has 0 saturated carbocycles. The number of hydrogen-bond acceptors (Lipinski definition) is 3. The summed E-state index contributed by atoms with van der Waals surface area (Å²) in [5.41, 5.74) is -0.545. The first-order valence-electron chi connectivity index (χ1n) is 3.57. The number of methoxy groups -OCH3 is 1. The molecule has 1 aromatic rings. The van der Waals surface area contributed by atoms with Crippen LogP contribution < -0.4 is 4.74 Å². The molecule has 3 nitrogen and oxygen atoms in total. The van der Waals surface area contributed by atoms with Gasteiger partial charge in [0.25, 0.3) is 6.43 Å². The van der Waals surface area contributed by atoms with Gasteiger partial charge < -0.3 is 4.74 Å². The Bertz CT molecular complexity index is 357. The lowest BCUT2D eigenvalue weighted by Gasteiger charge is -2.08. The van der Waals surface area contributed by atoms with Crippen LogP contribution in [0.25, 0.3) is 0 Å². The number of nitrogens with zero attached hydrogens (tertiary/aromatic N) is 1. The van der Waals surface area contributed by atoms with Crippen molar-refractivity contribution in [3.8, 4) is 5.75 Å². The number of ether oxygens (including phenoxy) is 1. The Morgan fingerprint density at radius 1 is 1.64 bits per heavy atom. The van der Waals surface area contributed by atoms with Gasteiger partial charge in [0.05, 0.1) is 17.7 Å². The highest BCUT2D eigenvalue weighted by Gasteiger charge is 2.19. The lowest BCUT2D eigenvalue weighted by Crippen LogP contribution is -1.99. The summed E-state index contributed by atoms with van der Waals surface area (Å²) in [5, 5.41) is -0.278. The van der Waals surface area contributed by atoms with E-state index in [9.17, 15) is 13.6 Å². The largest absolute Gasteiger partial charge is 0.493 e. The van der Waals surface area contributed by atoms with Gasteiger partial charge in [-0.15, -0.1) is 0 Å². The number of rotatable bonds is 3. The molecular formula is C8H6ClF2NO2. The fourth-order valence-corrected chi connectivity index (χ4v) is 1.23. The second-order valence-electron chi connectivity index (χ2n) is 2.36. The summed E-state index contributed by atoms with van der Waals surface area (Å²) in [7, 11) is 1.23. The van der Waals surface area contributed by atoms with Crippen molar-refractivity contribution in [3.05, 3.63) is 22.5 Å². The van der Waals surface area contributed by atoms with E-state index in [-0.39, 0.29) is 16.5 Å². The average molecular weight is 222 g/mol. The van der Waals surface area contributed by atoms with Crippen molar-refractivity contribution < 1.29 is 18.3 Å². The van der Waals surface area contributed by atoms with Gasteiger partial charge in [0.2, 0.25) is 0 Å². The number of alkyl halides is 2. The van der Waals surface area contributed by atoms with Crippen LogP contribution in [0.2, 0.25) is 5.02 Å². The van der Waals surface area contributed by atoms with E-state index in [2.05, 4.69) is 4.98 Å². The number of carbonyl (C=O) groups is 1. The van der Waals surface area contributed by atoms with Gasteiger partial charge in [0.15, 0.2) is 12.0 Å². The van der Waals surface area contributed by atoms with Crippen molar-refractivity contribution in [1.82, 2.24) is 4.98 Å². The van der Waals surface area contributed by atoms with Crippen molar-refractivity contribution >= 4 is 17.9 Å². The van der Waals surface area contributed by atoms with Gasteiger partial charge in [-0.25, -0.2) is 13.8 Å². The molecule has 1 aromatic heterocycles. The predicted molar refractivity (Wildman–Crippen MR) is 46.1 cm³/mol. The van der Waals surface area contributed by atoms with E-state index >= 15 is 0 Å². The maximum atomic E-state index is 12.3. The van der Waals surface area contributed by atoms with Gasteiger partial charge in [-0.2, -0.15) is 0 Å². The third-order valence-corrected chi connectivity index (χ3v) is 1.97. The molecule has 0 saturated heterocycles. The summed E-state index contributed by atoms with van der Waals surface area (Å²) < 4.78 is 29.3. The smallest absolute Gasteiger partial charge is 0.266 e.